The van der Waals surface area contributed by atoms with Crippen molar-refractivity contribution < 1.29 is 27.9 Å². The molecule has 0 aliphatic carbocycles. The Morgan fingerprint density at radius 3 is 1.95 bits per heavy atom. The molecule has 0 aromatic rings. The first-order chi connectivity index (χ1) is 10.5. The third-order valence-electron chi connectivity index (χ3n) is 2.46. The first kappa shape index (κ1) is 23.6. The number of carbonyl (C=O) groups is 2. The molecule has 0 bridgehead atoms. The van der Waals surface area contributed by atoms with Gasteiger partial charge in [0.15, 0.2) is 0 Å². The van der Waals surface area contributed by atoms with Gasteiger partial charge in [0.05, 0.1) is 19.8 Å². The van der Waals surface area contributed by atoms with Gasteiger partial charge in [-0.05, 0) is 27.2 Å². The molecule has 7 heteroatoms. The molecule has 0 saturated carbocycles. The van der Waals surface area contributed by atoms with E-state index in [9.17, 15) is 14.2 Å². The molecule has 0 aliphatic heterocycles. The second kappa shape index (κ2) is 16.7. The van der Waals surface area contributed by atoms with Gasteiger partial charge in [-0.15, -0.1) is 0 Å². The summed E-state index contributed by atoms with van der Waals surface area (Å²) in [6.07, 6.45) is 6.25. The van der Waals surface area contributed by atoms with E-state index in [1.165, 1.54) is 19.3 Å². The van der Waals surface area contributed by atoms with Crippen molar-refractivity contribution in [2.24, 2.45) is 0 Å². The summed E-state index contributed by atoms with van der Waals surface area (Å²) in [6.45, 7) is 7.99. The Morgan fingerprint density at radius 2 is 1.55 bits per heavy atom. The molecule has 0 saturated heterocycles. The minimum absolute atomic E-state index is 0.247. The SMILES string of the molecule is CCCCCCC=O.CCOC(=O)CP(=O)(OCC)OCC. The van der Waals surface area contributed by atoms with Gasteiger partial charge < -0.3 is 18.6 Å². The maximum atomic E-state index is 11.8. The summed E-state index contributed by atoms with van der Waals surface area (Å²) in [5.41, 5.74) is 0. The molecule has 6 nitrogen and oxygen atoms in total. The number of rotatable bonds is 12. The standard InChI is InChI=1S/C8H17O5P.C7H14O/c1-4-11-8(9)7-14(10,12-5-2)13-6-3;1-2-3-4-5-6-7-8/h4-7H2,1-3H3;7H,2-6H2,1H3. The van der Waals surface area contributed by atoms with Gasteiger partial charge in [0, 0.05) is 6.42 Å². The molecule has 0 aliphatic rings. The van der Waals surface area contributed by atoms with Crippen LogP contribution in [0.25, 0.3) is 0 Å². The molecule has 132 valence electrons. The largest absolute Gasteiger partial charge is 0.466 e. The Labute approximate surface area is 134 Å². The summed E-state index contributed by atoms with van der Waals surface area (Å²) in [5.74, 6) is -0.558. The molecule has 0 rings (SSSR count). The third kappa shape index (κ3) is 15.7. The van der Waals surface area contributed by atoms with E-state index in [1.54, 1.807) is 20.8 Å². The van der Waals surface area contributed by atoms with E-state index in [0.29, 0.717) is 0 Å². The number of unbranched alkanes of at least 4 members (excludes halogenated alkanes) is 4. The van der Waals surface area contributed by atoms with E-state index in [2.05, 4.69) is 11.7 Å². The Hall–Kier alpha value is -0.710. The lowest BCUT2D eigenvalue weighted by molar-refractivity contribution is -0.140. The summed E-state index contributed by atoms with van der Waals surface area (Å²) >= 11 is 0. The van der Waals surface area contributed by atoms with Crippen LogP contribution in [0.5, 0.6) is 0 Å². The van der Waals surface area contributed by atoms with Crippen LogP contribution in [-0.4, -0.2) is 38.2 Å². The molecule has 0 unspecified atom stereocenters. The Balaban J connectivity index is 0. The van der Waals surface area contributed by atoms with Crippen LogP contribution >= 0.6 is 7.60 Å². The van der Waals surface area contributed by atoms with E-state index in [4.69, 9.17) is 9.05 Å². The van der Waals surface area contributed by atoms with E-state index in [1.807, 2.05) is 0 Å². The number of hydrogen-bond acceptors (Lipinski definition) is 6. The molecule has 0 atom stereocenters. The Bertz CT molecular complexity index is 309. The maximum Gasteiger partial charge on any atom is 0.341 e. The first-order valence-electron chi connectivity index (χ1n) is 7.96. The van der Waals surface area contributed by atoms with Gasteiger partial charge in [-0.1, -0.05) is 26.2 Å². The van der Waals surface area contributed by atoms with E-state index < -0.39 is 13.6 Å². The molecule has 22 heavy (non-hydrogen) atoms. The number of carbonyl (C=O) groups excluding carboxylic acids is 2. The van der Waals surface area contributed by atoms with Crippen LogP contribution in [0.4, 0.5) is 0 Å². The predicted molar refractivity (Wildman–Crippen MR) is 87.2 cm³/mol. The van der Waals surface area contributed by atoms with Gasteiger partial charge in [-0.3, -0.25) is 9.36 Å². The molecule has 0 spiro atoms. The minimum atomic E-state index is -3.28. The lowest BCUT2D eigenvalue weighted by Crippen LogP contribution is -2.12. The van der Waals surface area contributed by atoms with E-state index in [-0.39, 0.29) is 26.0 Å². The van der Waals surface area contributed by atoms with Crippen LogP contribution in [0.15, 0.2) is 0 Å². The third-order valence-corrected chi connectivity index (χ3v) is 4.40. The highest BCUT2D eigenvalue weighted by Gasteiger charge is 2.28. The second-order valence-electron chi connectivity index (χ2n) is 4.43. The zero-order chi connectivity index (χ0) is 17.3. The zero-order valence-electron chi connectivity index (χ0n) is 14.3. The van der Waals surface area contributed by atoms with Gasteiger partial charge in [0.1, 0.15) is 12.4 Å². The number of hydrogen-bond donors (Lipinski definition) is 0. The van der Waals surface area contributed by atoms with Crippen LogP contribution in [0.2, 0.25) is 0 Å². The van der Waals surface area contributed by atoms with Gasteiger partial charge in [0.2, 0.25) is 0 Å². The summed E-state index contributed by atoms with van der Waals surface area (Å²) in [4.78, 5) is 20.8. The smallest absolute Gasteiger partial charge is 0.341 e. The number of esters is 1. The fourth-order valence-electron chi connectivity index (χ4n) is 1.54. The first-order valence-corrected chi connectivity index (χ1v) is 9.69. The van der Waals surface area contributed by atoms with Crippen molar-refractivity contribution in [3.05, 3.63) is 0 Å². The van der Waals surface area contributed by atoms with Crippen molar-refractivity contribution in [3.63, 3.8) is 0 Å². The van der Waals surface area contributed by atoms with Gasteiger partial charge in [-0.25, -0.2) is 0 Å². The lowest BCUT2D eigenvalue weighted by Gasteiger charge is -2.15. The summed E-state index contributed by atoms with van der Waals surface area (Å²) < 4.78 is 26.3. The van der Waals surface area contributed by atoms with Crippen molar-refractivity contribution in [2.45, 2.75) is 59.8 Å². The molecule has 0 radical (unpaired) electrons. The monoisotopic (exact) mass is 338 g/mol. The van der Waals surface area contributed by atoms with Crippen molar-refractivity contribution in [3.8, 4) is 0 Å². The Morgan fingerprint density at radius 1 is 0.955 bits per heavy atom. The quantitative estimate of drug-likeness (QED) is 0.232. The average molecular weight is 338 g/mol. The van der Waals surface area contributed by atoms with Crippen molar-refractivity contribution in [1.82, 2.24) is 0 Å². The zero-order valence-corrected chi connectivity index (χ0v) is 15.2. The Kier molecular flexibility index (Phi) is 17.8. The van der Waals surface area contributed by atoms with Crippen LogP contribution < -0.4 is 0 Å². The predicted octanol–water partition coefficient (Wildman–Crippen LogP) is 3.97. The van der Waals surface area contributed by atoms with Crippen molar-refractivity contribution >= 4 is 19.9 Å². The van der Waals surface area contributed by atoms with Gasteiger partial charge in [-0.2, -0.15) is 0 Å². The van der Waals surface area contributed by atoms with Crippen LogP contribution in [-0.2, 0) is 27.9 Å². The lowest BCUT2D eigenvalue weighted by atomic mass is 10.2. The topological polar surface area (TPSA) is 78.9 Å². The molecule has 0 aromatic carbocycles. The summed E-state index contributed by atoms with van der Waals surface area (Å²) in [7, 11) is -3.28. The van der Waals surface area contributed by atoms with Gasteiger partial charge >= 0.3 is 13.6 Å². The van der Waals surface area contributed by atoms with Gasteiger partial charge in [0.25, 0.3) is 0 Å². The summed E-state index contributed by atoms with van der Waals surface area (Å²) in [6, 6.07) is 0. The number of ether oxygens (including phenoxy) is 1. The van der Waals surface area contributed by atoms with E-state index >= 15 is 0 Å². The highest BCUT2D eigenvalue weighted by molar-refractivity contribution is 7.54. The fraction of sp³-hybridized carbons (Fsp3) is 0.867. The molecule has 0 N–H and O–H groups in total. The second-order valence-corrected chi connectivity index (χ2v) is 6.48. The van der Waals surface area contributed by atoms with Crippen molar-refractivity contribution in [1.29, 1.82) is 0 Å². The van der Waals surface area contributed by atoms with Crippen LogP contribution in [0, 0.1) is 0 Å². The molecular formula is C15H31O6P. The van der Waals surface area contributed by atoms with Crippen molar-refractivity contribution in [2.75, 3.05) is 26.0 Å². The van der Waals surface area contributed by atoms with Crippen LogP contribution in [0.3, 0.4) is 0 Å². The molecule has 0 aromatic heterocycles. The van der Waals surface area contributed by atoms with E-state index in [0.717, 1.165) is 19.1 Å². The molecular weight excluding hydrogens is 307 g/mol. The molecule has 0 amide bonds. The summed E-state index contributed by atoms with van der Waals surface area (Å²) in [5, 5.41) is 0. The average Bonchev–Trinajstić information content (AvgIpc) is 2.45. The minimum Gasteiger partial charge on any atom is -0.466 e. The maximum absolute atomic E-state index is 11.8. The van der Waals surface area contributed by atoms with Crippen LogP contribution in [0.1, 0.15) is 59.8 Å². The highest BCUT2D eigenvalue weighted by atomic mass is 31.2. The highest BCUT2D eigenvalue weighted by Crippen LogP contribution is 2.47. The fourth-order valence-corrected chi connectivity index (χ4v) is 2.99. The normalized spacial score (nSPS) is 10.5. The molecule has 0 fully saturated rings. The number of aldehydes is 1. The molecule has 0 heterocycles.